The molecule has 2 heterocycles. The summed E-state index contributed by atoms with van der Waals surface area (Å²) in [6, 6.07) is 13.4. The predicted molar refractivity (Wildman–Crippen MR) is 118 cm³/mol. The van der Waals surface area contributed by atoms with Gasteiger partial charge < -0.3 is 15.0 Å². The quantitative estimate of drug-likeness (QED) is 0.512. The van der Waals surface area contributed by atoms with E-state index in [-0.39, 0.29) is 18.7 Å². The van der Waals surface area contributed by atoms with Gasteiger partial charge in [0, 0.05) is 37.7 Å². The van der Waals surface area contributed by atoms with E-state index in [0.717, 1.165) is 27.5 Å². The standard InChI is InChI=1S/C23H26N4O3/c1-15-7-6-10-20-22(15)16(12-25(20)2)13-26-18-8-4-5-9-19(18)27(23(26)29)17(14-30-3)11-21(24)28/h4-10,12,17H,11,13-14H2,1-3H3,(H2,24,28). The molecule has 2 N–H and O–H groups in total. The van der Waals surface area contributed by atoms with Gasteiger partial charge in [0.15, 0.2) is 0 Å². The molecule has 0 saturated carbocycles. The number of primary amides is 1. The van der Waals surface area contributed by atoms with Crippen LogP contribution in [0.1, 0.15) is 23.6 Å². The van der Waals surface area contributed by atoms with Crippen molar-refractivity contribution >= 4 is 27.8 Å². The Balaban J connectivity index is 1.90. The third-order valence-electron chi connectivity index (χ3n) is 5.66. The van der Waals surface area contributed by atoms with Crippen molar-refractivity contribution in [1.82, 2.24) is 13.7 Å². The van der Waals surface area contributed by atoms with Gasteiger partial charge in [-0.1, -0.05) is 24.3 Å². The lowest BCUT2D eigenvalue weighted by Crippen LogP contribution is -2.32. The summed E-state index contributed by atoms with van der Waals surface area (Å²) in [5.74, 6) is -0.467. The van der Waals surface area contributed by atoms with Crippen LogP contribution in [0.2, 0.25) is 0 Å². The number of carbonyl (C=O) groups is 1. The van der Waals surface area contributed by atoms with Crippen LogP contribution in [0.5, 0.6) is 0 Å². The van der Waals surface area contributed by atoms with E-state index in [1.165, 1.54) is 5.56 Å². The molecule has 0 bridgehead atoms. The number of fused-ring (bicyclic) bond motifs is 2. The maximum Gasteiger partial charge on any atom is 0.329 e. The first-order valence-electron chi connectivity index (χ1n) is 9.93. The van der Waals surface area contributed by atoms with E-state index >= 15 is 0 Å². The maximum absolute atomic E-state index is 13.5. The van der Waals surface area contributed by atoms with Crippen molar-refractivity contribution in [2.24, 2.45) is 12.8 Å². The number of benzene rings is 2. The molecular weight excluding hydrogens is 380 g/mol. The molecule has 156 valence electrons. The molecule has 0 radical (unpaired) electrons. The number of hydrogen-bond donors (Lipinski definition) is 1. The molecule has 0 aliphatic carbocycles. The van der Waals surface area contributed by atoms with Gasteiger partial charge in [0.2, 0.25) is 5.91 Å². The molecular formula is C23H26N4O3. The summed E-state index contributed by atoms with van der Waals surface area (Å²) in [5, 5.41) is 1.16. The van der Waals surface area contributed by atoms with Crippen molar-refractivity contribution in [3.05, 3.63) is 70.3 Å². The Morgan fingerprint density at radius 2 is 1.80 bits per heavy atom. The monoisotopic (exact) mass is 406 g/mol. The molecule has 0 saturated heterocycles. The van der Waals surface area contributed by atoms with Crippen LogP contribution >= 0.6 is 0 Å². The summed E-state index contributed by atoms with van der Waals surface area (Å²) < 4.78 is 10.8. The molecule has 30 heavy (non-hydrogen) atoms. The Kier molecular flexibility index (Phi) is 5.22. The molecule has 4 aromatic rings. The van der Waals surface area contributed by atoms with E-state index in [1.807, 2.05) is 37.4 Å². The van der Waals surface area contributed by atoms with E-state index in [2.05, 4.69) is 29.8 Å². The molecule has 7 nitrogen and oxygen atoms in total. The van der Waals surface area contributed by atoms with Crippen molar-refractivity contribution in [3.8, 4) is 0 Å². The fourth-order valence-electron chi connectivity index (χ4n) is 4.41. The summed E-state index contributed by atoms with van der Waals surface area (Å²) in [7, 11) is 3.57. The highest BCUT2D eigenvalue weighted by molar-refractivity contribution is 5.87. The molecule has 7 heteroatoms. The minimum atomic E-state index is -0.467. The lowest BCUT2D eigenvalue weighted by Gasteiger charge is -2.16. The first-order chi connectivity index (χ1) is 14.4. The van der Waals surface area contributed by atoms with Crippen molar-refractivity contribution in [1.29, 1.82) is 0 Å². The van der Waals surface area contributed by atoms with E-state index in [4.69, 9.17) is 10.5 Å². The number of imidazole rings is 1. The third kappa shape index (κ3) is 3.31. The predicted octanol–water partition coefficient (Wildman–Crippen LogP) is 2.71. The largest absolute Gasteiger partial charge is 0.383 e. The summed E-state index contributed by atoms with van der Waals surface area (Å²) in [6.45, 7) is 2.74. The van der Waals surface area contributed by atoms with E-state index in [9.17, 15) is 9.59 Å². The maximum atomic E-state index is 13.5. The van der Waals surface area contributed by atoms with Crippen LogP contribution in [0.4, 0.5) is 0 Å². The third-order valence-corrected chi connectivity index (χ3v) is 5.66. The average molecular weight is 406 g/mol. The molecule has 2 aromatic heterocycles. The number of aryl methyl sites for hydroxylation is 2. The highest BCUT2D eigenvalue weighted by Gasteiger charge is 2.23. The smallest absolute Gasteiger partial charge is 0.329 e. The minimum Gasteiger partial charge on any atom is -0.383 e. The Bertz CT molecular complexity index is 1300. The SMILES string of the molecule is COCC(CC(N)=O)n1c(=O)n(Cc2cn(C)c3cccc(C)c23)c2ccccc21. The molecule has 4 rings (SSSR count). The molecule has 0 aliphatic heterocycles. The summed E-state index contributed by atoms with van der Waals surface area (Å²) in [5.41, 5.74) is 10.2. The van der Waals surface area contributed by atoms with Crippen LogP contribution in [0.25, 0.3) is 21.9 Å². The molecule has 1 amide bonds. The Labute approximate surface area is 174 Å². The summed E-state index contributed by atoms with van der Waals surface area (Å²) >= 11 is 0. The van der Waals surface area contributed by atoms with E-state index in [1.54, 1.807) is 16.2 Å². The number of hydrogen-bond acceptors (Lipinski definition) is 3. The number of nitrogens with two attached hydrogens (primary N) is 1. The van der Waals surface area contributed by atoms with Gasteiger partial charge >= 0.3 is 5.69 Å². The molecule has 0 fully saturated rings. The highest BCUT2D eigenvalue weighted by Crippen LogP contribution is 2.26. The van der Waals surface area contributed by atoms with Crippen molar-refractivity contribution in [2.45, 2.75) is 25.9 Å². The van der Waals surface area contributed by atoms with E-state index < -0.39 is 11.9 Å². The van der Waals surface area contributed by atoms with E-state index in [0.29, 0.717) is 6.54 Å². The molecule has 0 spiro atoms. The van der Waals surface area contributed by atoms with Gasteiger partial charge in [0.05, 0.1) is 30.2 Å². The molecule has 0 aliphatic rings. The number of ether oxygens (including phenoxy) is 1. The zero-order valence-electron chi connectivity index (χ0n) is 17.5. The Morgan fingerprint density at radius 3 is 2.50 bits per heavy atom. The van der Waals surface area contributed by atoms with Gasteiger partial charge in [-0.05, 0) is 36.2 Å². The van der Waals surface area contributed by atoms with Crippen LogP contribution in [-0.2, 0) is 23.1 Å². The lowest BCUT2D eigenvalue weighted by molar-refractivity contribution is -0.119. The first-order valence-corrected chi connectivity index (χ1v) is 9.93. The van der Waals surface area contributed by atoms with Crippen LogP contribution in [0, 0.1) is 6.92 Å². The summed E-state index contributed by atoms with van der Waals surface area (Å²) in [6.07, 6.45) is 2.11. The van der Waals surface area contributed by atoms with Crippen LogP contribution in [0.3, 0.4) is 0 Å². The lowest BCUT2D eigenvalue weighted by atomic mass is 10.1. The number of para-hydroxylation sites is 2. The van der Waals surface area contributed by atoms with Gasteiger partial charge in [0.25, 0.3) is 0 Å². The van der Waals surface area contributed by atoms with Crippen molar-refractivity contribution in [3.63, 3.8) is 0 Å². The van der Waals surface area contributed by atoms with Gasteiger partial charge in [-0.3, -0.25) is 13.9 Å². The van der Waals surface area contributed by atoms with Gasteiger partial charge in [0.1, 0.15) is 0 Å². The number of carbonyl (C=O) groups excluding carboxylic acids is 1. The Morgan fingerprint density at radius 1 is 1.10 bits per heavy atom. The fraction of sp³-hybridized carbons (Fsp3) is 0.304. The van der Waals surface area contributed by atoms with Gasteiger partial charge in [-0.15, -0.1) is 0 Å². The van der Waals surface area contributed by atoms with Crippen LogP contribution in [0.15, 0.2) is 53.5 Å². The number of amides is 1. The van der Waals surface area contributed by atoms with Gasteiger partial charge in [-0.25, -0.2) is 4.79 Å². The number of nitrogens with zero attached hydrogens (tertiary/aromatic N) is 3. The topological polar surface area (TPSA) is 84.2 Å². The number of methoxy groups -OCH3 is 1. The van der Waals surface area contributed by atoms with Gasteiger partial charge in [-0.2, -0.15) is 0 Å². The highest BCUT2D eigenvalue weighted by atomic mass is 16.5. The first kappa shape index (κ1) is 20.0. The fourth-order valence-corrected chi connectivity index (χ4v) is 4.41. The molecule has 1 unspecified atom stereocenters. The average Bonchev–Trinajstić information content (AvgIpc) is 3.17. The second kappa shape index (κ2) is 7.84. The second-order valence-electron chi connectivity index (χ2n) is 7.74. The van der Waals surface area contributed by atoms with Crippen molar-refractivity contribution < 1.29 is 9.53 Å². The number of rotatable bonds is 7. The number of aromatic nitrogens is 3. The zero-order valence-corrected chi connectivity index (χ0v) is 17.5. The Hall–Kier alpha value is -3.32. The molecule has 1 atom stereocenters. The minimum absolute atomic E-state index is 0.0368. The van der Waals surface area contributed by atoms with Crippen LogP contribution < -0.4 is 11.4 Å². The zero-order chi connectivity index (χ0) is 21.4. The molecule has 2 aromatic carbocycles. The normalized spacial score (nSPS) is 12.6. The van der Waals surface area contributed by atoms with Crippen molar-refractivity contribution in [2.75, 3.05) is 13.7 Å². The second-order valence-corrected chi connectivity index (χ2v) is 7.74. The van der Waals surface area contributed by atoms with Crippen LogP contribution in [-0.4, -0.2) is 33.3 Å². The summed E-state index contributed by atoms with van der Waals surface area (Å²) in [4.78, 5) is 25.2.